The third kappa shape index (κ3) is 3.15. The lowest BCUT2D eigenvalue weighted by atomic mass is 9.92. The van der Waals surface area contributed by atoms with Gasteiger partial charge in [-0.3, -0.25) is 0 Å². The zero-order valence-electron chi connectivity index (χ0n) is 11.8. The van der Waals surface area contributed by atoms with Gasteiger partial charge in [0.05, 0.1) is 0 Å². The van der Waals surface area contributed by atoms with Gasteiger partial charge in [-0.15, -0.1) is 0 Å². The van der Waals surface area contributed by atoms with E-state index in [0.29, 0.717) is 5.75 Å². The predicted octanol–water partition coefficient (Wildman–Crippen LogP) is 4.24. The number of benzene rings is 2. The van der Waals surface area contributed by atoms with Crippen molar-refractivity contribution in [2.75, 3.05) is 0 Å². The van der Waals surface area contributed by atoms with Crippen LogP contribution in [0.25, 0.3) is 0 Å². The molecule has 0 aliphatic heterocycles. The lowest BCUT2D eigenvalue weighted by Crippen LogP contribution is -2.07. The zero-order chi connectivity index (χ0) is 14.5. The number of hydrogen-bond donors (Lipinski definition) is 0. The summed E-state index contributed by atoms with van der Waals surface area (Å²) in [4.78, 5) is 11.4. The van der Waals surface area contributed by atoms with Crippen LogP contribution in [0.4, 0.5) is 0 Å². The molecule has 102 valence electrons. The third-order valence-electron chi connectivity index (χ3n) is 3.34. The summed E-state index contributed by atoms with van der Waals surface area (Å²) < 4.78 is 5.30. The quantitative estimate of drug-likeness (QED) is 0.470. The Kier molecular flexibility index (Phi) is 4.36. The monoisotopic (exact) mass is 266 g/mol. The molecule has 2 rings (SSSR count). The second-order valence-corrected chi connectivity index (χ2v) is 4.80. The first-order chi connectivity index (χ1) is 9.61. The number of esters is 1. The molecule has 2 nitrogen and oxygen atoms in total. The Morgan fingerprint density at radius 2 is 1.80 bits per heavy atom. The molecule has 1 atom stereocenters. The van der Waals surface area contributed by atoms with Crippen LogP contribution in [0.2, 0.25) is 0 Å². The standard InChI is InChI=1S/C18H18O2/c1-4-18(19)20-17-8-6-5-7-16(17)14(3)15-11-9-13(2)10-12-15/h4-12,14H,1H2,2-3H3. The number of para-hydroxylation sites is 1. The largest absolute Gasteiger partial charge is 0.423 e. The number of carbonyl (C=O) groups excluding carboxylic acids is 1. The van der Waals surface area contributed by atoms with E-state index in [2.05, 4.69) is 44.7 Å². The molecular weight excluding hydrogens is 248 g/mol. The Hall–Kier alpha value is -2.35. The molecule has 2 aromatic rings. The summed E-state index contributed by atoms with van der Waals surface area (Å²) in [5, 5.41) is 0. The molecular formula is C18H18O2. The number of rotatable bonds is 4. The van der Waals surface area contributed by atoms with Crippen molar-refractivity contribution in [3.63, 3.8) is 0 Å². The lowest BCUT2D eigenvalue weighted by molar-refractivity contribution is -0.129. The molecule has 0 heterocycles. The molecule has 20 heavy (non-hydrogen) atoms. The highest BCUT2D eigenvalue weighted by molar-refractivity contribution is 5.83. The lowest BCUT2D eigenvalue weighted by Gasteiger charge is -2.16. The molecule has 0 amide bonds. The minimum absolute atomic E-state index is 0.157. The third-order valence-corrected chi connectivity index (χ3v) is 3.34. The highest BCUT2D eigenvalue weighted by Crippen LogP contribution is 2.31. The molecule has 0 aliphatic carbocycles. The van der Waals surface area contributed by atoms with Gasteiger partial charge >= 0.3 is 5.97 Å². The van der Waals surface area contributed by atoms with Crippen molar-refractivity contribution in [3.8, 4) is 5.75 Å². The summed E-state index contributed by atoms with van der Waals surface area (Å²) in [6, 6.07) is 16.0. The normalized spacial score (nSPS) is 11.7. The van der Waals surface area contributed by atoms with Gasteiger partial charge in [0.25, 0.3) is 0 Å². The van der Waals surface area contributed by atoms with E-state index >= 15 is 0 Å². The van der Waals surface area contributed by atoms with Gasteiger partial charge < -0.3 is 4.74 Å². The minimum Gasteiger partial charge on any atom is -0.423 e. The number of carbonyl (C=O) groups is 1. The molecule has 1 unspecified atom stereocenters. The second kappa shape index (κ2) is 6.20. The molecule has 2 heteroatoms. The molecule has 0 aromatic heterocycles. The van der Waals surface area contributed by atoms with Crippen LogP contribution in [0.5, 0.6) is 5.75 Å². The van der Waals surface area contributed by atoms with Crippen molar-refractivity contribution < 1.29 is 9.53 Å². The van der Waals surface area contributed by atoms with Crippen molar-refractivity contribution in [2.45, 2.75) is 19.8 Å². The van der Waals surface area contributed by atoms with Gasteiger partial charge in [-0.25, -0.2) is 4.79 Å². The van der Waals surface area contributed by atoms with Gasteiger partial charge in [-0.1, -0.05) is 61.5 Å². The maximum Gasteiger partial charge on any atom is 0.335 e. The Morgan fingerprint density at radius 3 is 2.45 bits per heavy atom. The van der Waals surface area contributed by atoms with Gasteiger partial charge in [-0.05, 0) is 18.6 Å². The summed E-state index contributed by atoms with van der Waals surface area (Å²) in [7, 11) is 0. The van der Waals surface area contributed by atoms with Crippen LogP contribution in [0, 0.1) is 6.92 Å². The van der Waals surface area contributed by atoms with E-state index in [0.717, 1.165) is 5.56 Å². The van der Waals surface area contributed by atoms with Crippen molar-refractivity contribution >= 4 is 5.97 Å². The minimum atomic E-state index is -0.437. The Morgan fingerprint density at radius 1 is 1.15 bits per heavy atom. The first-order valence-corrected chi connectivity index (χ1v) is 6.61. The first kappa shape index (κ1) is 14.1. The van der Waals surface area contributed by atoms with Gasteiger partial charge in [0.15, 0.2) is 0 Å². The van der Waals surface area contributed by atoms with Crippen LogP contribution in [0.1, 0.15) is 29.5 Å². The topological polar surface area (TPSA) is 26.3 Å². The summed E-state index contributed by atoms with van der Waals surface area (Å²) in [6.45, 7) is 7.59. The summed E-state index contributed by atoms with van der Waals surface area (Å²) in [5.41, 5.74) is 3.41. The van der Waals surface area contributed by atoms with Crippen molar-refractivity contribution in [2.24, 2.45) is 0 Å². The molecule has 0 saturated carbocycles. The predicted molar refractivity (Wildman–Crippen MR) is 81.0 cm³/mol. The maximum atomic E-state index is 11.4. The van der Waals surface area contributed by atoms with Gasteiger partial charge in [0, 0.05) is 17.6 Å². The number of ether oxygens (including phenoxy) is 1. The highest BCUT2D eigenvalue weighted by atomic mass is 16.5. The zero-order valence-corrected chi connectivity index (χ0v) is 11.8. The van der Waals surface area contributed by atoms with Gasteiger partial charge in [-0.2, -0.15) is 0 Å². The maximum absolute atomic E-state index is 11.4. The average molecular weight is 266 g/mol. The fraction of sp³-hybridized carbons (Fsp3) is 0.167. The molecule has 0 N–H and O–H groups in total. The van der Waals surface area contributed by atoms with Crippen molar-refractivity contribution in [1.29, 1.82) is 0 Å². The van der Waals surface area contributed by atoms with Gasteiger partial charge in [0.2, 0.25) is 0 Å². The van der Waals surface area contributed by atoms with Crippen LogP contribution in [0.3, 0.4) is 0 Å². The summed E-state index contributed by atoms with van der Waals surface area (Å²) in [6.07, 6.45) is 1.17. The van der Waals surface area contributed by atoms with Crippen LogP contribution >= 0.6 is 0 Å². The fourth-order valence-corrected chi connectivity index (χ4v) is 2.12. The SMILES string of the molecule is C=CC(=O)Oc1ccccc1C(C)c1ccc(C)cc1. The molecule has 2 aromatic carbocycles. The van der Waals surface area contributed by atoms with Crippen molar-refractivity contribution in [3.05, 3.63) is 77.9 Å². The number of aryl methyl sites for hydroxylation is 1. The summed E-state index contributed by atoms with van der Waals surface area (Å²) in [5.74, 6) is 0.309. The second-order valence-electron chi connectivity index (χ2n) is 4.80. The van der Waals surface area contributed by atoms with E-state index < -0.39 is 5.97 Å². The number of hydrogen-bond acceptors (Lipinski definition) is 2. The average Bonchev–Trinajstić information content (AvgIpc) is 2.48. The first-order valence-electron chi connectivity index (χ1n) is 6.61. The molecule has 0 radical (unpaired) electrons. The molecule has 0 saturated heterocycles. The smallest absolute Gasteiger partial charge is 0.335 e. The summed E-state index contributed by atoms with van der Waals surface area (Å²) >= 11 is 0. The molecule has 0 fully saturated rings. The van der Waals surface area contributed by atoms with Crippen LogP contribution in [-0.4, -0.2) is 5.97 Å². The van der Waals surface area contributed by atoms with Crippen LogP contribution < -0.4 is 4.74 Å². The van der Waals surface area contributed by atoms with E-state index in [1.165, 1.54) is 17.2 Å². The Balaban J connectivity index is 2.34. The van der Waals surface area contributed by atoms with Gasteiger partial charge in [0.1, 0.15) is 5.75 Å². The molecule has 0 bridgehead atoms. The van der Waals surface area contributed by atoms with Crippen LogP contribution in [0.15, 0.2) is 61.2 Å². The van der Waals surface area contributed by atoms with Crippen LogP contribution in [-0.2, 0) is 4.79 Å². The molecule has 0 spiro atoms. The van der Waals surface area contributed by atoms with E-state index in [-0.39, 0.29) is 5.92 Å². The Labute approximate surface area is 119 Å². The highest BCUT2D eigenvalue weighted by Gasteiger charge is 2.14. The van der Waals surface area contributed by atoms with Crippen molar-refractivity contribution in [1.82, 2.24) is 0 Å². The Bertz CT molecular complexity index is 612. The van der Waals surface area contributed by atoms with E-state index in [9.17, 15) is 4.79 Å². The van der Waals surface area contributed by atoms with E-state index in [4.69, 9.17) is 4.74 Å². The fourth-order valence-electron chi connectivity index (χ4n) is 2.12. The molecule has 0 aliphatic rings. The van der Waals surface area contributed by atoms with E-state index in [1.807, 2.05) is 18.2 Å². The van der Waals surface area contributed by atoms with E-state index in [1.54, 1.807) is 6.07 Å².